The highest BCUT2D eigenvalue weighted by Gasteiger charge is 2.43. The maximum atomic E-state index is 9.91. The van der Waals surface area contributed by atoms with Gasteiger partial charge in [-0.15, -0.1) is 0 Å². The van der Waals surface area contributed by atoms with E-state index in [0.29, 0.717) is 0 Å². The van der Waals surface area contributed by atoms with Gasteiger partial charge >= 0.3 is 0 Å². The van der Waals surface area contributed by atoms with Gasteiger partial charge in [0.15, 0.2) is 0 Å². The summed E-state index contributed by atoms with van der Waals surface area (Å²) in [5.74, 6) is 0. The summed E-state index contributed by atoms with van der Waals surface area (Å²) in [6.07, 6.45) is 2.11. The van der Waals surface area contributed by atoms with Gasteiger partial charge in [0, 0.05) is 5.41 Å². The molecule has 0 unspecified atom stereocenters. The van der Waals surface area contributed by atoms with Crippen LogP contribution in [0.1, 0.15) is 37.8 Å². The van der Waals surface area contributed by atoms with Crippen LogP contribution >= 0.6 is 0 Å². The highest BCUT2D eigenvalue weighted by Crippen LogP contribution is 2.48. The molecule has 2 N–H and O–H groups in total. The molecule has 0 heterocycles. The van der Waals surface area contributed by atoms with Gasteiger partial charge in [0.2, 0.25) is 0 Å². The molecule has 1 aromatic carbocycles. The van der Waals surface area contributed by atoms with Gasteiger partial charge in [0.1, 0.15) is 0 Å². The molecular weight excluding hydrogens is 188 g/mol. The van der Waals surface area contributed by atoms with Gasteiger partial charge in [-0.25, -0.2) is 0 Å². The maximum absolute atomic E-state index is 9.91. The van der Waals surface area contributed by atoms with Gasteiger partial charge in [-0.05, 0) is 37.8 Å². The third kappa shape index (κ3) is 1.92. The summed E-state index contributed by atoms with van der Waals surface area (Å²) in [6.45, 7) is 3.78. The van der Waals surface area contributed by atoms with Gasteiger partial charge < -0.3 is 10.2 Å². The smallest absolute Gasteiger partial charge is 0.0840 e. The zero-order valence-electron chi connectivity index (χ0n) is 9.33. The molecule has 0 aromatic heterocycles. The Kier molecular flexibility index (Phi) is 2.36. The topological polar surface area (TPSA) is 40.5 Å². The van der Waals surface area contributed by atoms with Crippen molar-refractivity contribution < 1.29 is 10.2 Å². The average Bonchev–Trinajstić information content (AvgIpc) is 2.97. The van der Waals surface area contributed by atoms with Crippen molar-refractivity contribution in [1.29, 1.82) is 0 Å². The minimum absolute atomic E-state index is 0.0126. The Morgan fingerprint density at radius 2 is 2.00 bits per heavy atom. The molecule has 0 amide bonds. The molecule has 1 fully saturated rings. The van der Waals surface area contributed by atoms with E-state index in [-0.39, 0.29) is 12.0 Å². The van der Waals surface area contributed by atoms with Gasteiger partial charge in [-0.3, -0.25) is 0 Å². The number of rotatable bonds is 3. The standard InChI is InChI=1S/C13H18O2/c1-12(2,15)10-4-3-5-11(8-10)13(9-14)6-7-13/h3-5,8,14-15H,6-7,9H2,1-2H3. The van der Waals surface area contributed by atoms with Crippen LogP contribution in [0.15, 0.2) is 24.3 Å². The second-order valence-electron chi connectivity index (χ2n) is 5.08. The lowest BCUT2D eigenvalue weighted by molar-refractivity contribution is 0.0784. The molecule has 0 aliphatic heterocycles. The van der Waals surface area contributed by atoms with E-state index < -0.39 is 5.60 Å². The first-order valence-electron chi connectivity index (χ1n) is 5.42. The quantitative estimate of drug-likeness (QED) is 0.793. The van der Waals surface area contributed by atoms with E-state index in [9.17, 15) is 10.2 Å². The van der Waals surface area contributed by atoms with E-state index in [1.54, 1.807) is 13.8 Å². The lowest BCUT2D eigenvalue weighted by Crippen LogP contribution is -2.18. The molecule has 2 rings (SSSR count). The molecule has 2 heteroatoms. The molecule has 15 heavy (non-hydrogen) atoms. The van der Waals surface area contributed by atoms with Crippen LogP contribution in [-0.4, -0.2) is 16.8 Å². The van der Waals surface area contributed by atoms with E-state index in [1.807, 2.05) is 24.3 Å². The molecule has 1 aromatic rings. The Morgan fingerprint density at radius 1 is 1.33 bits per heavy atom. The summed E-state index contributed by atoms with van der Waals surface area (Å²) in [6, 6.07) is 7.94. The fourth-order valence-corrected chi connectivity index (χ4v) is 1.92. The van der Waals surface area contributed by atoms with E-state index >= 15 is 0 Å². The molecule has 1 aliphatic carbocycles. The number of hydrogen-bond donors (Lipinski definition) is 2. The van der Waals surface area contributed by atoms with Crippen LogP contribution in [0.3, 0.4) is 0 Å². The zero-order chi connectivity index (χ0) is 11.1. The first-order chi connectivity index (χ1) is 6.98. The van der Waals surface area contributed by atoms with Gasteiger partial charge in [0.25, 0.3) is 0 Å². The molecule has 0 radical (unpaired) electrons. The molecule has 2 nitrogen and oxygen atoms in total. The monoisotopic (exact) mass is 206 g/mol. The number of aliphatic hydroxyl groups excluding tert-OH is 1. The van der Waals surface area contributed by atoms with Crippen LogP contribution in [-0.2, 0) is 11.0 Å². The SMILES string of the molecule is CC(C)(O)c1cccc(C2(CO)CC2)c1. The average molecular weight is 206 g/mol. The third-order valence-corrected chi connectivity index (χ3v) is 3.34. The van der Waals surface area contributed by atoms with Crippen molar-refractivity contribution in [2.45, 2.75) is 37.7 Å². The molecule has 1 aliphatic rings. The van der Waals surface area contributed by atoms with E-state index in [1.165, 1.54) is 0 Å². The molecule has 0 bridgehead atoms. The van der Waals surface area contributed by atoms with Crippen molar-refractivity contribution in [3.63, 3.8) is 0 Å². The van der Waals surface area contributed by atoms with Crippen molar-refractivity contribution in [1.82, 2.24) is 0 Å². The second kappa shape index (κ2) is 3.32. The molecule has 82 valence electrons. The Bertz CT molecular complexity index is 359. The van der Waals surface area contributed by atoms with Crippen LogP contribution in [0.25, 0.3) is 0 Å². The summed E-state index contributed by atoms with van der Waals surface area (Å²) in [7, 11) is 0. The summed E-state index contributed by atoms with van der Waals surface area (Å²) in [5, 5.41) is 19.3. The predicted octanol–water partition coefficient (Wildman–Crippen LogP) is 1.94. The third-order valence-electron chi connectivity index (χ3n) is 3.34. The molecule has 1 saturated carbocycles. The van der Waals surface area contributed by atoms with Gasteiger partial charge in [-0.2, -0.15) is 0 Å². The van der Waals surface area contributed by atoms with Gasteiger partial charge in [-0.1, -0.05) is 24.3 Å². The first kappa shape index (κ1) is 10.7. The predicted molar refractivity (Wildman–Crippen MR) is 59.7 cm³/mol. The Balaban J connectivity index is 2.35. The van der Waals surface area contributed by atoms with Crippen molar-refractivity contribution in [3.05, 3.63) is 35.4 Å². The van der Waals surface area contributed by atoms with E-state index in [4.69, 9.17) is 0 Å². The molecule has 0 saturated heterocycles. The zero-order valence-corrected chi connectivity index (χ0v) is 9.33. The lowest BCUT2D eigenvalue weighted by Gasteiger charge is -2.20. The molecular formula is C13H18O2. The first-order valence-corrected chi connectivity index (χ1v) is 5.42. The Hall–Kier alpha value is -0.860. The number of aliphatic hydroxyl groups is 2. The van der Waals surface area contributed by atoms with Crippen LogP contribution < -0.4 is 0 Å². The fourth-order valence-electron chi connectivity index (χ4n) is 1.92. The number of hydrogen-bond acceptors (Lipinski definition) is 2. The highest BCUT2D eigenvalue weighted by molar-refractivity contribution is 5.36. The Labute approximate surface area is 90.6 Å². The number of benzene rings is 1. The van der Waals surface area contributed by atoms with E-state index in [0.717, 1.165) is 24.0 Å². The second-order valence-corrected chi connectivity index (χ2v) is 5.08. The lowest BCUT2D eigenvalue weighted by atomic mass is 9.90. The maximum Gasteiger partial charge on any atom is 0.0840 e. The normalized spacial score (nSPS) is 18.9. The summed E-state index contributed by atoms with van der Waals surface area (Å²) >= 11 is 0. The van der Waals surface area contributed by atoms with Gasteiger partial charge in [0.05, 0.1) is 12.2 Å². The van der Waals surface area contributed by atoms with Crippen molar-refractivity contribution in [3.8, 4) is 0 Å². The highest BCUT2D eigenvalue weighted by atomic mass is 16.3. The molecule has 0 spiro atoms. The van der Waals surface area contributed by atoms with Crippen molar-refractivity contribution in [2.75, 3.05) is 6.61 Å². The van der Waals surface area contributed by atoms with Crippen molar-refractivity contribution >= 4 is 0 Å². The summed E-state index contributed by atoms with van der Waals surface area (Å²) < 4.78 is 0. The fraction of sp³-hybridized carbons (Fsp3) is 0.538. The Morgan fingerprint density at radius 3 is 2.47 bits per heavy atom. The van der Waals surface area contributed by atoms with E-state index in [2.05, 4.69) is 0 Å². The van der Waals surface area contributed by atoms with Crippen LogP contribution in [0.5, 0.6) is 0 Å². The summed E-state index contributed by atoms with van der Waals surface area (Å²) in [5.41, 5.74) is 1.26. The minimum Gasteiger partial charge on any atom is -0.395 e. The molecule has 0 atom stereocenters. The minimum atomic E-state index is -0.804. The summed E-state index contributed by atoms with van der Waals surface area (Å²) in [4.78, 5) is 0. The van der Waals surface area contributed by atoms with Crippen LogP contribution in [0.2, 0.25) is 0 Å². The van der Waals surface area contributed by atoms with Crippen LogP contribution in [0.4, 0.5) is 0 Å². The van der Waals surface area contributed by atoms with Crippen LogP contribution in [0, 0.1) is 0 Å². The largest absolute Gasteiger partial charge is 0.395 e. The van der Waals surface area contributed by atoms with Crippen molar-refractivity contribution in [2.24, 2.45) is 0 Å².